The fraction of sp³-hybridized carbons (Fsp3) is 0.222. The lowest BCUT2D eigenvalue weighted by molar-refractivity contribution is -0.0228. The molecule has 1 aliphatic rings. The number of benzene rings is 2. The van der Waals surface area contributed by atoms with Crippen LogP contribution in [0.5, 0.6) is 5.75 Å². The van der Waals surface area contributed by atoms with Gasteiger partial charge in [0.05, 0.1) is 28.9 Å². The van der Waals surface area contributed by atoms with Gasteiger partial charge in [0.1, 0.15) is 11.9 Å². The summed E-state index contributed by atoms with van der Waals surface area (Å²) in [5, 5.41) is 9.64. The quantitative estimate of drug-likeness (QED) is 0.778. The van der Waals surface area contributed by atoms with Crippen molar-refractivity contribution >= 4 is 27.5 Å². The summed E-state index contributed by atoms with van der Waals surface area (Å²) in [6, 6.07) is 12.6. The van der Waals surface area contributed by atoms with E-state index in [1.165, 1.54) is 11.3 Å². The van der Waals surface area contributed by atoms with E-state index in [1.54, 1.807) is 28.6 Å². The number of rotatable bonds is 2. The molecule has 0 bridgehead atoms. The van der Waals surface area contributed by atoms with Crippen LogP contribution in [0, 0.1) is 0 Å². The molecule has 3 aromatic rings. The number of phenolic OH excluding ortho intramolecular Hbond substituents is 1. The van der Waals surface area contributed by atoms with Crippen LogP contribution in [0.25, 0.3) is 10.2 Å². The topological polar surface area (TPSA) is 62.7 Å². The second-order valence-corrected chi connectivity index (χ2v) is 6.63. The third kappa shape index (κ3) is 2.86. The summed E-state index contributed by atoms with van der Waals surface area (Å²) in [5.74, 6) is 0.203. The van der Waals surface area contributed by atoms with E-state index in [1.807, 2.05) is 24.3 Å². The van der Waals surface area contributed by atoms with E-state index < -0.39 is 0 Å². The van der Waals surface area contributed by atoms with Crippen LogP contribution in [0.1, 0.15) is 22.0 Å². The van der Waals surface area contributed by atoms with Crippen LogP contribution in [0.3, 0.4) is 0 Å². The summed E-state index contributed by atoms with van der Waals surface area (Å²) in [6.07, 6.45) is -0.220. The van der Waals surface area contributed by atoms with Crippen molar-refractivity contribution in [2.45, 2.75) is 6.10 Å². The molecule has 5 nitrogen and oxygen atoms in total. The number of hydrogen-bond acceptors (Lipinski definition) is 5. The maximum absolute atomic E-state index is 12.8. The summed E-state index contributed by atoms with van der Waals surface area (Å²) in [6.45, 7) is 1.52. The lowest BCUT2D eigenvalue weighted by atomic mass is 10.1. The molecule has 1 aromatic heterocycles. The standard InChI is InChI=1S/C18H16N2O3S/c21-14-3-1-2-12(8-14)16-10-20(6-7-23-16)18(22)13-4-5-15-17(9-13)24-11-19-15/h1-5,8-9,11,16,21H,6-7,10H2. The molecule has 1 aliphatic heterocycles. The smallest absolute Gasteiger partial charge is 0.254 e. The third-order valence-corrected chi connectivity index (χ3v) is 4.97. The van der Waals surface area contributed by atoms with Gasteiger partial charge >= 0.3 is 0 Å². The van der Waals surface area contributed by atoms with Crippen LogP contribution in [0.2, 0.25) is 0 Å². The lowest BCUT2D eigenvalue weighted by Crippen LogP contribution is -2.42. The molecule has 1 unspecified atom stereocenters. The zero-order chi connectivity index (χ0) is 16.5. The molecular formula is C18H16N2O3S. The minimum Gasteiger partial charge on any atom is -0.508 e. The van der Waals surface area contributed by atoms with Crippen LogP contribution in [0.15, 0.2) is 48.0 Å². The van der Waals surface area contributed by atoms with Gasteiger partial charge in [0, 0.05) is 12.1 Å². The first-order valence-electron chi connectivity index (χ1n) is 7.74. The Hall–Kier alpha value is -2.44. The molecule has 122 valence electrons. The van der Waals surface area contributed by atoms with Crippen LogP contribution in [-0.2, 0) is 4.74 Å². The highest BCUT2D eigenvalue weighted by molar-refractivity contribution is 7.16. The molecule has 0 radical (unpaired) electrons. The molecule has 2 aromatic carbocycles. The number of thiazole rings is 1. The highest BCUT2D eigenvalue weighted by Gasteiger charge is 2.26. The Labute approximate surface area is 143 Å². The van der Waals surface area contributed by atoms with E-state index in [0.29, 0.717) is 25.3 Å². The largest absolute Gasteiger partial charge is 0.508 e. The van der Waals surface area contributed by atoms with Gasteiger partial charge in [-0.25, -0.2) is 4.98 Å². The Morgan fingerprint density at radius 3 is 3.08 bits per heavy atom. The lowest BCUT2D eigenvalue weighted by Gasteiger charge is -2.33. The number of aromatic hydroxyl groups is 1. The molecule has 0 saturated carbocycles. The van der Waals surface area contributed by atoms with Gasteiger partial charge in [0.15, 0.2) is 0 Å². The van der Waals surface area contributed by atoms with Crippen molar-refractivity contribution in [1.29, 1.82) is 0 Å². The zero-order valence-corrected chi connectivity index (χ0v) is 13.7. The van der Waals surface area contributed by atoms with Crippen LogP contribution >= 0.6 is 11.3 Å². The van der Waals surface area contributed by atoms with Crippen LogP contribution in [0.4, 0.5) is 0 Å². The van der Waals surface area contributed by atoms with Crippen molar-refractivity contribution in [1.82, 2.24) is 9.88 Å². The Bertz CT molecular complexity index is 893. The predicted octanol–water partition coefficient (Wildman–Crippen LogP) is 3.22. The number of carbonyl (C=O) groups is 1. The summed E-state index contributed by atoms with van der Waals surface area (Å²) in [7, 11) is 0. The molecule has 0 spiro atoms. The molecule has 1 saturated heterocycles. The van der Waals surface area contributed by atoms with Gasteiger partial charge in [-0.3, -0.25) is 4.79 Å². The maximum atomic E-state index is 12.8. The Balaban J connectivity index is 1.55. The summed E-state index contributed by atoms with van der Waals surface area (Å²) < 4.78 is 6.79. The Morgan fingerprint density at radius 1 is 1.29 bits per heavy atom. The zero-order valence-electron chi connectivity index (χ0n) is 12.9. The van der Waals surface area contributed by atoms with Crippen molar-refractivity contribution in [3.63, 3.8) is 0 Å². The van der Waals surface area contributed by atoms with Crippen molar-refractivity contribution in [2.75, 3.05) is 19.7 Å². The Kier molecular flexibility index (Phi) is 3.92. The molecule has 1 N–H and O–H groups in total. The summed E-state index contributed by atoms with van der Waals surface area (Å²) >= 11 is 1.53. The van der Waals surface area contributed by atoms with E-state index in [9.17, 15) is 9.90 Å². The van der Waals surface area contributed by atoms with Crippen molar-refractivity contribution < 1.29 is 14.6 Å². The number of amides is 1. The highest BCUT2D eigenvalue weighted by Crippen LogP contribution is 2.26. The van der Waals surface area contributed by atoms with Gasteiger partial charge in [0.2, 0.25) is 0 Å². The molecule has 1 fully saturated rings. The molecule has 6 heteroatoms. The van der Waals surface area contributed by atoms with Gasteiger partial charge in [-0.2, -0.15) is 0 Å². The van der Waals surface area contributed by atoms with Crippen molar-refractivity contribution in [3.8, 4) is 5.75 Å². The van der Waals surface area contributed by atoms with E-state index in [0.717, 1.165) is 15.8 Å². The van der Waals surface area contributed by atoms with E-state index in [-0.39, 0.29) is 17.8 Å². The van der Waals surface area contributed by atoms with Crippen molar-refractivity contribution in [3.05, 3.63) is 59.1 Å². The molecule has 1 atom stereocenters. The first-order valence-corrected chi connectivity index (χ1v) is 8.62. The number of hydrogen-bond donors (Lipinski definition) is 1. The van der Waals surface area contributed by atoms with Crippen LogP contribution in [-0.4, -0.2) is 40.6 Å². The number of phenols is 1. The van der Waals surface area contributed by atoms with E-state index in [4.69, 9.17) is 4.74 Å². The van der Waals surface area contributed by atoms with E-state index in [2.05, 4.69) is 4.98 Å². The number of nitrogens with zero attached hydrogens (tertiary/aromatic N) is 2. The minimum absolute atomic E-state index is 0.00115. The first kappa shape index (κ1) is 15.1. The molecule has 1 amide bonds. The maximum Gasteiger partial charge on any atom is 0.254 e. The third-order valence-electron chi connectivity index (χ3n) is 4.17. The second kappa shape index (κ2) is 6.22. The SMILES string of the molecule is O=C(c1ccc2ncsc2c1)N1CCOC(c2cccc(O)c2)C1. The van der Waals surface area contributed by atoms with Gasteiger partial charge in [-0.1, -0.05) is 12.1 Å². The second-order valence-electron chi connectivity index (χ2n) is 5.74. The summed E-state index contributed by atoms with van der Waals surface area (Å²) in [5.41, 5.74) is 4.25. The number of morpholine rings is 1. The molecule has 24 heavy (non-hydrogen) atoms. The number of aromatic nitrogens is 1. The first-order chi connectivity index (χ1) is 11.7. The Morgan fingerprint density at radius 2 is 2.21 bits per heavy atom. The van der Waals surface area contributed by atoms with Crippen LogP contribution < -0.4 is 0 Å². The van der Waals surface area contributed by atoms with Gasteiger partial charge < -0.3 is 14.7 Å². The minimum atomic E-state index is -0.220. The predicted molar refractivity (Wildman–Crippen MR) is 92.3 cm³/mol. The average Bonchev–Trinajstić information content (AvgIpc) is 3.09. The van der Waals surface area contributed by atoms with Gasteiger partial charge in [-0.05, 0) is 35.9 Å². The monoisotopic (exact) mass is 340 g/mol. The fourth-order valence-electron chi connectivity index (χ4n) is 2.93. The fourth-order valence-corrected chi connectivity index (χ4v) is 3.65. The van der Waals surface area contributed by atoms with Gasteiger partial charge in [0.25, 0.3) is 5.91 Å². The van der Waals surface area contributed by atoms with Crippen molar-refractivity contribution in [2.24, 2.45) is 0 Å². The molecule has 2 heterocycles. The number of carbonyl (C=O) groups excluding carboxylic acids is 1. The molecule has 0 aliphatic carbocycles. The molecular weight excluding hydrogens is 324 g/mol. The summed E-state index contributed by atoms with van der Waals surface area (Å²) in [4.78, 5) is 18.9. The number of fused-ring (bicyclic) bond motifs is 1. The van der Waals surface area contributed by atoms with Gasteiger partial charge in [-0.15, -0.1) is 11.3 Å². The normalized spacial score (nSPS) is 18.0. The average molecular weight is 340 g/mol. The molecule has 4 rings (SSSR count). The number of ether oxygens (including phenoxy) is 1. The van der Waals surface area contributed by atoms with E-state index >= 15 is 0 Å². The highest BCUT2D eigenvalue weighted by atomic mass is 32.1.